The van der Waals surface area contributed by atoms with Crippen molar-refractivity contribution in [2.75, 3.05) is 6.61 Å². The number of thiophene rings is 1. The third-order valence-corrected chi connectivity index (χ3v) is 4.26. The number of rotatable bonds is 6. The van der Waals surface area contributed by atoms with Crippen LogP contribution in [0.1, 0.15) is 16.7 Å². The van der Waals surface area contributed by atoms with Crippen LogP contribution < -0.4 is 4.74 Å². The molecule has 0 fully saturated rings. The Morgan fingerprint density at radius 3 is 2.47 bits per heavy atom. The van der Waals surface area contributed by atoms with E-state index in [2.05, 4.69) is 19.1 Å². The Bertz CT molecular complexity index is 507. The molecular formula is C15H17ClO2S. The summed E-state index contributed by atoms with van der Waals surface area (Å²) in [5.74, 6) is 0.726. The highest BCUT2D eigenvalue weighted by atomic mass is 35.5. The molecule has 1 heterocycles. The second-order valence-corrected chi connectivity index (χ2v) is 6.03. The summed E-state index contributed by atoms with van der Waals surface area (Å²) in [5, 5.41) is 10.6. The number of benzene rings is 1. The van der Waals surface area contributed by atoms with Gasteiger partial charge in [-0.2, -0.15) is 0 Å². The summed E-state index contributed by atoms with van der Waals surface area (Å²) < 4.78 is 5.52. The molecule has 4 heteroatoms. The minimum atomic E-state index is -0.487. The normalized spacial score (nSPS) is 12.4. The van der Waals surface area contributed by atoms with Gasteiger partial charge in [-0.15, -0.1) is 11.3 Å². The van der Waals surface area contributed by atoms with Gasteiger partial charge in [0.1, 0.15) is 12.4 Å². The first kappa shape index (κ1) is 14.4. The van der Waals surface area contributed by atoms with E-state index in [1.165, 1.54) is 9.75 Å². The van der Waals surface area contributed by atoms with Crippen LogP contribution in [0.25, 0.3) is 0 Å². The maximum atomic E-state index is 9.96. The van der Waals surface area contributed by atoms with Crippen molar-refractivity contribution in [2.45, 2.75) is 25.9 Å². The van der Waals surface area contributed by atoms with Crippen molar-refractivity contribution in [3.63, 3.8) is 0 Å². The average Bonchev–Trinajstić information content (AvgIpc) is 2.86. The van der Waals surface area contributed by atoms with Gasteiger partial charge in [0.15, 0.2) is 0 Å². The van der Waals surface area contributed by atoms with Crippen LogP contribution in [0, 0.1) is 0 Å². The van der Waals surface area contributed by atoms with Gasteiger partial charge in [-0.25, -0.2) is 0 Å². The summed E-state index contributed by atoms with van der Waals surface area (Å²) in [4.78, 5) is 2.55. The molecule has 0 aliphatic rings. The van der Waals surface area contributed by atoms with Crippen molar-refractivity contribution in [3.05, 3.63) is 51.2 Å². The first-order chi connectivity index (χ1) is 9.17. The molecule has 1 unspecified atom stereocenters. The fourth-order valence-corrected chi connectivity index (χ4v) is 2.89. The van der Waals surface area contributed by atoms with Gasteiger partial charge in [0, 0.05) is 21.2 Å². The lowest BCUT2D eigenvalue weighted by atomic mass is 10.2. The molecule has 0 aliphatic carbocycles. The Morgan fingerprint density at radius 2 is 1.84 bits per heavy atom. The van der Waals surface area contributed by atoms with E-state index < -0.39 is 6.10 Å². The van der Waals surface area contributed by atoms with Gasteiger partial charge < -0.3 is 9.84 Å². The smallest absolute Gasteiger partial charge is 0.119 e. The van der Waals surface area contributed by atoms with Crippen LogP contribution >= 0.6 is 22.9 Å². The molecule has 2 rings (SSSR count). The third-order valence-electron chi connectivity index (χ3n) is 2.76. The Morgan fingerprint density at radius 1 is 1.16 bits per heavy atom. The van der Waals surface area contributed by atoms with Gasteiger partial charge in [0.2, 0.25) is 0 Å². The highest BCUT2D eigenvalue weighted by Gasteiger charge is 2.08. The van der Waals surface area contributed by atoms with Gasteiger partial charge >= 0.3 is 0 Å². The molecule has 1 atom stereocenters. The zero-order chi connectivity index (χ0) is 13.7. The third kappa shape index (κ3) is 4.53. The molecule has 1 aromatic heterocycles. The number of ether oxygens (including phenoxy) is 1. The molecule has 0 saturated heterocycles. The molecule has 2 nitrogen and oxygen atoms in total. The summed E-state index contributed by atoms with van der Waals surface area (Å²) in [6.07, 6.45) is 1.19. The molecule has 102 valence electrons. The van der Waals surface area contributed by atoms with Crippen LogP contribution in [-0.2, 0) is 12.8 Å². The van der Waals surface area contributed by atoms with E-state index in [0.29, 0.717) is 18.1 Å². The second kappa shape index (κ2) is 6.94. The zero-order valence-electron chi connectivity index (χ0n) is 10.8. The fraction of sp³-hybridized carbons (Fsp3) is 0.333. The van der Waals surface area contributed by atoms with Crippen molar-refractivity contribution < 1.29 is 9.84 Å². The minimum absolute atomic E-state index is 0.293. The van der Waals surface area contributed by atoms with Gasteiger partial charge in [-0.1, -0.05) is 18.5 Å². The van der Waals surface area contributed by atoms with E-state index in [1.54, 1.807) is 35.6 Å². The maximum Gasteiger partial charge on any atom is 0.119 e. The zero-order valence-corrected chi connectivity index (χ0v) is 12.4. The van der Waals surface area contributed by atoms with E-state index in [1.807, 2.05) is 0 Å². The quantitative estimate of drug-likeness (QED) is 0.875. The van der Waals surface area contributed by atoms with E-state index in [0.717, 1.165) is 12.2 Å². The molecule has 0 radical (unpaired) electrons. The summed E-state index contributed by atoms with van der Waals surface area (Å²) in [6, 6.07) is 11.3. The van der Waals surface area contributed by atoms with Crippen LogP contribution in [0.2, 0.25) is 5.02 Å². The lowest BCUT2D eigenvalue weighted by Crippen LogP contribution is -2.19. The second-order valence-electron chi connectivity index (χ2n) is 4.34. The van der Waals surface area contributed by atoms with Crippen LogP contribution in [0.15, 0.2) is 36.4 Å². The van der Waals surface area contributed by atoms with E-state index >= 15 is 0 Å². The Hall–Kier alpha value is -1.03. The number of aryl methyl sites for hydroxylation is 1. The van der Waals surface area contributed by atoms with Crippen molar-refractivity contribution >= 4 is 22.9 Å². The number of aliphatic hydroxyl groups is 1. The number of aliphatic hydroxyl groups excluding tert-OH is 1. The first-order valence-corrected chi connectivity index (χ1v) is 7.51. The fourth-order valence-electron chi connectivity index (χ4n) is 1.74. The minimum Gasteiger partial charge on any atom is -0.491 e. The SMILES string of the molecule is CCc1ccc(CC(O)COc2ccc(Cl)cc2)s1. The Kier molecular flexibility index (Phi) is 5.25. The standard InChI is InChI=1S/C15H17ClO2S/c1-2-14-7-8-15(19-14)9-12(17)10-18-13-5-3-11(16)4-6-13/h3-8,12,17H,2,9-10H2,1H3. The predicted molar refractivity (Wildman–Crippen MR) is 80.4 cm³/mol. The monoisotopic (exact) mass is 296 g/mol. The summed E-state index contributed by atoms with van der Waals surface area (Å²) in [7, 11) is 0. The Balaban J connectivity index is 1.81. The lowest BCUT2D eigenvalue weighted by Gasteiger charge is -2.11. The largest absolute Gasteiger partial charge is 0.491 e. The van der Waals surface area contributed by atoms with Gasteiger partial charge in [0.05, 0.1) is 6.10 Å². The molecule has 0 spiro atoms. The van der Waals surface area contributed by atoms with Gasteiger partial charge in [-0.3, -0.25) is 0 Å². The summed E-state index contributed by atoms with van der Waals surface area (Å²) in [6.45, 7) is 2.43. The number of halogens is 1. The summed E-state index contributed by atoms with van der Waals surface area (Å²) >= 11 is 7.55. The van der Waals surface area contributed by atoms with Crippen molar-refractivity contribution in [2.24, 2.45) is 0 Å². The van der Waals surface area contributed by atoms with Crippen molar-refractivity contribution in [1.29, 1.82) is 0 Å². The summed E-state index contributed by atoms with van der Waals surface area (Å²) in [5.41, 5.74) is 0. The molecule has 0 amide bonds. The lowest BCUT2D eigenvalue weighted by molar-refractivity contribution is 0.108. The maximum absolute atomic E-state index is 9.96. The molecule has 0 aliphatic heterocycles. The number of hydrogen-bond acceptors (Lipinski definition) is 3. The van der Waals surface area contributed by atoms with Crippen LogP contribution in [0.5, 0.6) is 5.75 Å². The van der Waals surface area contributed by atoms with E-state index in [-0.39, 0.29) is 0 Å². The molecular weight excluding hydrogens is 280 g/mol. The average molecular weight is 297 g/mol. The van der Waals surface area contributed by atoms with E-state index in [9.17, 15) is 5.11 Å². The van der Waals surface area contributed by atoms with E-state index in [4.69, 9.17) is 16.3 Å². The van der Waals surface area contributed by atoms with Crippen LogP contribution in [0.3, 0.4) is 0 Å². The van der Waals surface area contributed by atoms with Crippen LogP contribution in [-0.4, -0.2) is 17.8 Å². The molecule has 0 bridgehead atoms. The number of hydrogen-bond donors (Lipinski definition) is 1. The highest BCUT2D eigenvalue weighted by molar-refractivity contribution is 7.11. The Labute approximate surface area is 122 Å². The molecule has 1 N–H and O–H groups in total. The topological polar surface area (TPSA) is 29.5 Å². The van der Waals surface area contributed by atoms with Crippen molar-refractivity contribution in [1.82, 2.24) is 0 Å². The predicted octanol–water partition coefficient (Wildman–Crippen LogP) is 3.95. The first-order valence-electron chi connectivity index (χ1n) is 6.31. The van der Waals surface area contributed by atoms with Gasteiger partial charge in [0.25, 0.3) is 0 Å². The molecule has 19 heavy (non-hydrogen) atoms. The highest BCUT2D eigenvalue weighted by Crippen LogP contribution is 2.19. The van der Waals surface area contributed by atoms with Crippen molar-refractivity contribution in [3.8, 4) is 5.75 Å². The molecule has 0 saturated carbocycles. The molecule has 2 aromatic rings. The molecule has 1 aromatic carbocycles. The van der Waals surface area contributed by atoms with Gasteiger partial charge in [-0.05, 0) is 42.8 Å². The van der Waals surface area contributed by atoms with Crippen LogP contribution in [0.4, 0.5) is 0 Å².